The second-order valence-electron chi connectivity index (χ2n) is 3.78. The predicted molar refractivity (Wildman–Crippen MR) is 72.3 cm³/mol. The van der Waals surface area contributed by atoms with Crippen LogP contribution in [0.4, 0.5) is 8.78 Å². The quantitative estimate of drug-likeness (QED) is 0.571. The Morgan fingerprint density at radius 1 is 0.882 bits per heavy atom. The Balaban J connectivity index is 2.65. The van der Waals surface area contributed by atoms with Crippen LogP contribution >= 0.6 is 18.5 Å². The fourth-order valence-corrected chi connectivity index (χ4v) is 2.55. The lowest BCUT2D eigenvalue weighted by Crippen LogP contribution is -2.10. The van der Waals surface area contributed by atoms with Crippen LogP contribution in [0.25, 0.3) is 21.9 Å². The van der Waals surface area contributed by atoms with E-state index < -0.39 is 11.6 Å². The lowest BCUT2D eigenvalue weighted by molar-refractivity contribution is 0.516. The van der Waals surface area contributed by atoms with Crippen molar-refractivity contribution in [1.82, 2.24) is 0 Å². The summed E-state index contributed by atoms with van der Waals surface area (Å²) in [7, 11) is 5.09. The molecule has 0 spiro atoms. The van der Waals surface area contributed by atoms with E-state index in [1.807, 2.05) is 6.07 Å². The number of hydrogen-bond acceptors (Lipinski definition) is 1. The first kappa shape index (κ1) is 11.1. The third-order valence-corrected chi connectivity index (χ3v) is 4.23. The molecular weight excluding hydrogens is 260 g/mol. The van der Waals surface area contributed by atoms with E-state index in [-0.39, 0.29) is 5.39 Å². The van der Waals surface area contributed by atoms with Crippen molar-refractivity contribution in [2.24, 2.45) is 0 Å². The van der Waals surface area contributed by atoms with Crippen LogP contribution in [0.15, 0.2) is 28.7 Å². The standard InChI is InChI=1S/C12H8F2OP2/c13-5-1-2-6-9(11(5)14)10-7(15-6)3-4-8(16)12(10)17/h1-4H,16-17H2. The van der Waals surface area contributed by atoms with Crippen molar-refractivity contribution in [2.75, 3.05) is 0 Å². The van der Waals surface area contributed by atoms with Crippen molar-refractivity contribution in [3.63, 3.8) is 0 Å². The van der Waals surface area contributed by atoms with Gasteiger partial charge in [-0.05, 0) is 28.8 Å². The summed E-state index contributed by atoms with van der Waals surface area (Å²) in [6.07, 6.45) is 0. The van der Waals surface area contributed by atoms with E-state index in [0.717, 1.165) is 16.7 Å². The molecule has 1 nitrogen and oxygen atoms in total. The normalized spacial score (nSPS) is 11.5. The number of rotatable bonds is 0. The number of furan rings is 1. The molecule has 2 aromatic carbocycles. The van der Waals surface area contributed by atoms with Crippen molar-refractivity contribution in [2.45, 2.75) is 0 Å². The highest BCUT2D eigenvalue weighted by Gasteiger charge is 2.17. The van der Waals surface area contributed by atoms with E-state index in [1.54, 1.807) is 6.07 Å². The first-order chi connectivity index (χ1) is 8.09. The lowest BCUT2D eigenvalue weighted by atomic mass is 10.1. The van der Waals surface area contributed by atoms with E-state index in [0.29, 0.717) is 16.6 Å². The smallest absolute Gasteiger partial charge is 0.170 e. The lowest BCUT2D eigenvalue weighted by Gasteiger charge is -2.00. The van der Waals surface area contributed by atoms with Gasteiger partial charge in [0.25, 0.3) is 0 Å². The zero-order chi connectivity index (χ0) is 12.2. The van der Waals surface area contributed by atoms with Gasteiger partial charge in [-0.25, -0.2) is 8.78 Å². The molecule has 2 atom stereocenters. The minimum atomic E-state index is -0.862. The van der Waals surface area contributed by atoms with Crippen molar-refractivity contribution >= 4 is 51.0 Å². The molecule has 86 valence electrons. The Labute approximate surface area is 101 Å². The van der Waals surface area contributed by atoms with Crippen LogP contribution in [0.5, 0.6) is 0 Å². The highest BCUT2D eigenvalue weighted by molar-refractivity contribution is 7.36. The molecule has 17 heavy (non-hydrogen) atoms. The molecule has 5 heteroatoms. The van der Waals surface area contributed by atoms with Gasteiger partial charge in [-0.2, -0.15) is 0 Å². The SMILES string of the molecule is Fc1ccc2oc3ccc(P)c(P)c3c2c1F. The molecule has 3 aromatic rings. The first-order valence-corrected chi connectivity index (χ1v) is 6.09. The van der Waals surface area contributed by atoms with Gasteiger partial charge in [0.05, 0.1) is 5.39 Å². The number of benzene rings is 2. The maximum Gasteiger partial charge on any atom is 0.170 e. The molecule has 0 fully saturated rings. The molecular formula is C12H8F2OP2. The van der Waals surface area contributed by atoms with Gasteiger partial charge in [0, 0.05) is 5.39 Å². The first-order valence-electron chi connectivity index (χ1n) is 4.93. The third kappa shape index (κ3) is 1.50. The summed E-state index contributed by atoms with van der Waals surface area (Å²) >= 11 is 0. The molecule has 3 rings (SSSR count). The van der Waals surface area contributed by atoms with Crippen molar-refractivity contribution < 1.29 is 13.2 Å². The Morgan fingerprint density at radius 3 is 2.29 bits per heavy atom. The van der Waals surface area contributed by atoms with Crippen LogP contribution in [0.1, 0.15) is 0 Å². The van der Waals surface area contributed by atoms with E-state index in [2.05, 4.69) is 18.5 Å². The van der Waals surface area contributed by atoms with Gasteiger partial charge >= 0.3 is 0 Å². The van der Waals surface area contributed by atoms with Crippen LogP contribution in [0, 0.1) is 11.6 Å². The van der Waals surface area contributed by atoms with Crippen LogP contribution in [0.2, 0.25) is 0 Å². The zero-order valence-electron chi connectivity index (χ0n) is 8.63. The van der Waals surface area contributed by atoms with Crippen LogP contribution < -0.4 is 10.6 Å². The highest BCUT2D eigenvalue weighted by Crippen LogP contribution is 2.31. The van der Waals surface area contributed by atoms with Crippen LogP contribution in [-0.4, -0.2) is 0 Å². The molecule has 0 aliphatic carbocycles. The molecule has 0 saturated carbocycles. The minimum Gasteiger partial charge on any atom is -0.456 e. The van der Waals surface area contributed by atoms with Gasteiger partial charge in [0.1, 0.15) is 11.2 Å². The summed E-state index contributed by atoms with van der Waals surface area (Å²) in [6, 6.07) is 6.12. The Kier molecular flexibility index (Phi) is 2.43. The predicted octanol–water partition coefficient (Wildman–Crippen LogP) is 2.87. The van der Waals surface area contributed by atoms with Crippen LogP contribution in [-0.2, 0) is 0 Å². The molecule has 0 bridgehead atoms. The minimum absolute atomic E-state index is 0.203. The Hall–Kier alpha value is -1.04. The van der Waals surface area contributed by atoms with E-state index in [9.17, 15) is 8.78 Å². The average Bonchev–Trinajstić information content (AvgIpc) is 2.69. The zero-order valence-corrected chi connectivity index (χ0v) is 10.9. The molecule has 1 heterocycles. The summed E-state index contributed by atoms with van der Waals surface area (Å²) < 4.78 is 32.6. The van der Waals surface area contributed by atoms with Gasteiger partial charge in [-0.1, -0.05) is 6.07 Å². The molecule has 0 aliphatic heterocycles. The third-order valence-electron chi connectivity index (χ3n) is 2.77. The topological polar surface area (TPSA) is 13.1 Å². The number of fused-ring (bicyclic) bond motifs is 3. The van der Waals surface area contributed by atoms with Crippen molar-refractivity contribution in [1.29, 1.82) is 0 Å². The number of halogens is 2. The molecule has 0 amide bonds. The van der Waals surface area contributed by atoms with Crippen LogP contribution in [0.3, 0.4) is 0 Å². The van der Waals surface area contributed by atoms with E-state index >= 15 is 0 Å². The summed E-state index contributed by atoms with van der Waals surface area (Å²) in [5, 5.41) is 2.52. The van der Waals surface area contributed by atoms with Gasteiger partial charge < -0.3 is 4.42 Å². The largest absolute Gasteiger partial charge is 0.456 e. The average molecular weight is 268 g/mol. The summed E-state index contributed by atoms with van der Waals surface area (Å²) in [6.45, 7) is 0. The number of hydrogen-bond donors (Lipinski definition) is 0. The van der Waals surface area contributed by atoms with Gasteiger partial charge in [0.2, 0.25) is 0 Å². The Morgan fingerprint density at radius 2 is 1.53 bits per heavy atom. The van der Waals surface area contributed by atoms with Gasteiger partial charge in [-0.15, -0.1) is 18.5 Å². The Bertz CT molecular complexity index is 687. The molecule has 0 radical (unpaired) electrons. The van der Waals surface area contributed by atoms with Gasteiger partial charge in [0.15, 0.2) is 11.6 Å². The van der Waals surface area contributed by atoms with E-state index in [1.165, 1.54) is 6.07 Å². The monoisotopic (exact) mass is 268 g/mol. The summed E-state index contributed by atoms with van der Waals surface area (Å²) in [5.74, 6) is -1.72. The summed E-state index contributed by atoms with van der Waals surface area (Å²) in [4.78, 5) is 0. The van der Waals surface area contributed by atoms with Crippen molar-refractivity contribution in [3.05, 3.63) is 35.9 Å². The fraction of sp³-hybridized carbons (Fsp3) is 0. The fourth-order valence-electron chi connectivity index (χ4n) is 1.93. The van der Waals surface area contributed by atoms with Gasteiger partial charge in [-0.3, -0.25) is 0 Å². The second-order valence-corrected chi connectivity index (χ2v) is 4.98. The molecule has 0 saturated heterocycles. The maximum atomic E-state index is 13.8. The van der Waals surface area contributed by atoms with Crippen molar-refractivity contribution in [3.8, 4) is 0 Å². The second kappa shape index (κ2) is 3.73. The summed E-state index contributed by atoms with van der Waals surface area (Å²) in [5.41, 5.74) is 0.916. The molecule has 2 unspecified atom stereocenters. The molecule has 0 N–H and O–H groups in total. The molecule has 1 aromatic heterocycles. The highest BCUT2D eigenvalue weighted by atomic mass is 31.0. The molecule has 0 aliphatic rings. The maximum absolute atomic E-state index is 13.8. The van der Waals surface area contributed by atoms with E-state index in [4.69, 9.17) is 4.42 Å².